The summed E-state index contributed by atoms with van der Waals surface area (Å²) in [6.45, 7) is 4.55. The molecule has 0 aliphatic carbocycles. The maximum absolute atomic E-state index is 5.05. The van der Waals surface area contributed by atoms with Gasteiger partial charge in [-0.1, -0.05) is 0 Å². The van der Waals surface area contributed by atoms with Crippen LogP contribution in [0.5, 0.6) is 0 Å². The molecule has 0 bridgehead atoms. The van der Waals surface area contributed by atoms with E-state index in [1.165, 1.54) is 5.69 Å². The molecule has 0 radical (unpaired) electrons. The van der Waals surface area contributed by atoms with E-state index < -0.39 is 0 Å². The molecule has 0 unspecified atom stereocenters. The molecule has 2 aromatic heterocycles. The number of hydrogen-bond acceptors (Lipinski definition) is 4. The number of anilines is 1. The Kier molecular flexibility index (Phi) is 5.17. The van der Waals surface area contributed by atoms with Crippen molar-refractivity contribution in [3.8, 4) is 0 Å². The van der Waals surface area contributed by atoms with Crippen LogP contribution in [0, 0.1) is 6.92 Å². The third-order valence-electron chi connectivity index (χ3n) is 3.24. The van der Waals surface area contributed by atoms with E-state index in [1.54, 1.807) is 7.11 Å². The van der Waals surface area contributed by atoms with Crippen molar-refractivity contribution in [2.45, 2.75) is 26.3 Å². The lowest BCUT2D eigenvalue weighted by Crippen LogP contribution is -2.12. The molecule has 110 valence electrons. The second-order valence-corrected chi connectivity index (χ2v) is 4.87. The van der Waals surface area contributed by atoms with Gasteiger partial charge in [0.25, 0.3) is 0 Å². The van der Waals surface area contributed by atoms with Crippen LogP contribution in [0.1, 0.15) is 17.8 Å². The standard InChI is InChI=1S/C14H23N5O/c1-12-11-19(9-6-13-5-8-16-18(13)2)14(17-12)15-7-4-10-20-3/h5,8,11H,4,6-7,9-10H2,1-3H3,(H,15,17). The van der Waals surface area contributed by atoms with Crippen LogP contribution in [-0.4, -0.2) is 39.6 Å². The lowest BCUT2D eigenvalue weighted by atomic mass is 10.3. The maximum Gasteiger partial charge on any atom is 0.203 e. The maximum atomic E-state index is 5.05. The fraction of sp³-hybridized carbons (Fsp3) is 0.571. The summed E-state index contributed by atoms with van der Waals surface area (Å²) in [6, 6.07) is 2.05. The molecular weight excluding hydrogens is 254 g/mol. The average molecular weight is 277 g/mol. The van der Waals surface area contributed by atoms with Crippen LogP contribution < -0.4 is 5.32 Å². The molecule has 0 aliphatic heterocycles. The van der Waals surface area contributed by atoms with Crippen molar-refractivity contribution in [1.29, 1.82) is 0 Å². The van der Waals surface area contributed by atoms with Gasteiger partial charge in [0.05, 0.1) is 5.69 Å². The fourth-order valence-corrected chi connectivity index (χ4v) is 2.16. The van der Waals surface area contributed by atoms with E-state index in [1.807, 2.05) is 24.9 Å². The van der Waals surface area contributed by atoms with E-state index in [0.29, 0.717) is 0 Å². The SMILES string of the molecule is COCCCNc1nc(C)cn1CCc1ccnn1C. The highest BCUT2D eigenvalue weighted by atomic mass is 16.5. The second kappa shape index (κ2) is 7.09. The Labute approximate surface area is 119 Å². The number of imidazole rings is 1. The topological polar surface area (TPSA) is 56.9 Å². The first-order chi connectivity index (χ1) is 9.70. The molecule has 0 aromatic carbocycles. The predicted octanol–water partition coefficient (Wildman–Crippen LogP) is 1.62. The van der Waals surface area contributed by atoms with Crippen molar-refractivity contribution >= 4 is 5.95 Å². The van der Waals surface area contributed by atoms with Crippen LogP contribution >= 0.6 is 0 Å². The van der Waals surface area contributed by atoms with Crippen LogP contribution in [0.2, 0.25) is 0 Å². The molecule has 2 heterocycles. The van der Waals surface area contributed by atoms with Crippen molar-refractivity contribution < 1.29 is 4.74 Å². The summed E-state index contributed by atoms with van der Waals surface area (Å²) in [5, 5.41) is 7.55. The highest BCUT2D eigenvalue weighted by Crippen LogP contribution is 2.10. The predicted molar refractivity (Wildman–Crippen MR) is 78.9 cm³/mol. The Morgan fingerprint density at radius 2 is 2.25 bits per heavy atom. The van der Waals surface area contributed by atoms with Gasteiger partial charge in [-0.05, 0) is 19.4 Å². The molecule has 0 amide bonds. The lowest BCUT2D eigenvalue weighted by molar-refractivity contribution is 0.197. The largest absolute Gasteiger partial charge is 0.385 e. The number of aromatic nitrogens is 4. The molecular formula is C14H23N5O. The van der Waals surface area contributed by atoms with Crippen molar-refractivity contribution in [1.82, 2.24) is 19.3 Å². The zero-order valence-electron chi connectivity index (χ0n) is 12.5. The van der Waals surface area contributed by atoms with Crippen LogP contribution in [-0.2, 0) is 24.8 Å². The van der Waals surface area contributed by atoms with Crippen LogP contribution in [0.25, 0.3) is 0 Å². The molecule has 2 aromatic rings. The van der Waals surface area contributed by atoms with Gasteiger partial charge in [0.15, 0.2) is 0 Å². The fourth-order valence-electron chi connectivity index (χ4n) is 2.16. The molecule has 6 heteroatoms. The van der Waals surface area contributed by atoms with Gasteiger partial charge in [0.1, 0.15) is 0 Å². The van der Waals surface area contributed by atoms with Gasteiger partial charge in [-0.25, -0.2) is 4.98 Å². The summed E-state index contributed by atoms with van der Waals surface area (Å²) in [6.07, 6.45) is 5.83. The van der Waals surface area contributed by atoms with E-state index in [9.17, 15) is 0 Å². The Bertz CT molecular complexity index is 531. The normalized spacial score (nSPS) is 10.9. The van der Waals surface area contributed by atoms with E-state index in [2.05, 4.69) is 32.2 Å². The van der Waals surface area contributed by atoms with Crippen molar-refractivity contribution in [3.05, 3.63) is 29.8 Å². The van der Waals surface area contributed by atoms with E-state index in [-0.39, 0.29) is 0 Å². The number of methoxy groups -OCH3 is 1. The molecule has 2 rings (SSSR count). The number of nitrogens with one attached hydrogen (secondary N) is 1. The highest BCUT2D eigenvalue weighted by Gasteiger charge is 2.06. The van der Waals surface area contributed by atoms with E-state index in [4.69, 9.17) is 4.74 Å². The Balaban J connectivity index is 1.91. The van der Waals surface area contributed by atoms with Crippen LogP contribution in [0.15, 0.2) is 18.5 Å². The summed E-state index contributed by atoms with van der Waals surface area (Å²) in [5.41, 5.74) is 2.26. The summed E-state index contributed by atoms with van der Waals surface area (Å²) in [4.78, 5) is 4.52. The minimum atomic E-state index is 0.766. The van der Waals surface area contributed by atoms with Gasteiger partial charge >= 0.3 is 0 Å². The lowest BCUT2D eigenvalue weighted by Gasteiger charge is -2.09. The van der Waals surface area contributed by atoms with Gasteiger partial charge in [0.2, 0.25) is 5.95 Å². The molecule has 20 heavy (non-hydrogen) atoms. The summed E-state index contributed by atoms with van der Waals surface area (Å²) < 4.78 is 9.12. The first kappa shape index (κ1) is 14.6. The first-order valence-electron chi connectivity index (χ1n) is 6.94. The molecule has 0 aliphatic rings. The van der Waals surface area contributed by atoms with Gasteiger partial charge in [-0.2, -0.15) is 5.10 Å². The molecule has 0 saturated heterocycles. The van der Waals surface area contributed by atoms with Gasteiger partial charge < -0.3 is 14.6 Å². The van der Waals surface area contributed by atoms with E-state index >= 15 is 0 Å². The van der Waals surface area contributed by atoms with Gasteiger partial charge in [-0.3, -0.25) is 4.68 Å². The van der Waals surface area contributed by atoms with Gasteiger partial charge in [0, 0.05) is 58.4 Å². The summed E-state index contributed by atoms with van der Waals surface area (Å²) in [5.74, 6) is 0.931. The third kappa shape index (κ3) is 3.84. The number of ether oxygens (including phenoxy) is 1. The zero-order valence-corrected chi connectivity index (χ0v) is 12.5. The Morgan fingerprint density at radius 1 is 1.40 bits per heavy atom. The average Bonchev–Trinajstić information content (AvgIpc) is 2.98. The first-order valence-corrected chi connectivity index (χ1v) is 6.94. The quantitative estimate of drug-likeness (QED) is 0.745. The minimum absolute atomic E-state index is 0.766. The number of hydrogen-bond donors (Lipinski definition) is 1. The Morgan fingerprint density at radius 3 is 2.95 bits per heavy atom. The Hall–Kier alpha value is -1.82. The molecule has 6 nitrogen and oxygen atoms in total. The monoisotopic (exact) mass is 277 g/mol. The summed E-state index contributed by atoms with van der Waals surface area (Å²) in [7, 11) is 3.69. The highest BCUT2D eigenvalue weighted by molar-refractivity contribution is 5.28. The molecule has 0 saturated carbocycles. The minimum Gasteiger partial charge on any atom is -0.385 e. The van der Waals surface area contributed by atoms with Crippen LogP contribution in [0.4, 0.5) is 5.95 Å². The number of rotatable bonds is 8. The smallest absolute Gasteiger partial charge is 0.203 e. The summed E-state index contributed by atoms with van der Waals surface area (Å²) >= 11 is 0. The second-order valence-electron chi connectivity index (χ2n) is 4.87. The number of aryl methyl sites for hydroxylation is 4. The third-order valence-corrected chi connectivity index (χ3v) is 3.24. The molecule has 1 N–H and O–H groups in total. The molecule has 0 fully saturated rings. The van der Waals surface area contributed by atoms with Crippen LogP contribution in [0.3, 0.4) is 0 Å². The van der Waals surface area contributed by atoms with Crippen molar-refractivity contribution in [2.75, 3.05) is 25.6 Å². The van der Waals surface area contributed by atoms with Gasteiger partial charge in [-0.15, -0.1) is 0 Å². The van der Waals surface area contributed by atoms with Crippen molar-refractivity contribution in [3.63, 3.8) is 0 Å². The molecule has 0 spiro atoms. The van der Waals surface area contributed by atoms with E-state index in [0.717, 1.165) is 44.2 Å². The van der Waals surface area contributed by atoms with Crippen molar-refractivity contribution in [2.24, 2.45) is 7.05 Å². The number of nitrogens with zero attached hydrogens (tertiary/aromatic N) is 4. The molecule has 0 atom stereocenters. The zero-order chi connectivity index (χ0) is 14.4.